The van der Waals surface area contributed by atoms with Crippen molar-refractivity contribution in [2.75, 3.05) is 46.3 Å². The quantitative estimate of drug-likeness (QED) is 0.348. The number of rotatable bonds is 6. The average Bonchev–Trinajstić information content (AvgIpc) is 2.60. The molecule has 0 radical (unpaired) electrons. The van der Waals surface area contributed by atoms with E-state index in [9.17, 15) is 4.79 Å². The molecular formula is C22H38IN5O. The van der Waals surface area contributed by atoms with Crippen LogP contribution in [0.25, 0.3) is 0 Å². The highest BCUT2D eigenvalue weighted by molar-refractivity contribution is 14.0. The number of nitrogens with one attached hydrogen (secondary N) is 2. The molecule has 1 aromatic rings. The fraction of sp³-hybridized carbons (Fsp3) is 0.636. The number of aliphatic imine (C=N–C) groups is 1. The molecule has 1 saturated heterocycles. The number of amides is 1. The standard InChI is InChI=1S/C22H37N5O.HI/c1-16(2)25-21(28)15-26-9-11-27(12-10-26)22(23-6)24-8-7-20-18(4)13-17(3)14-19(20)5;/h13-14,16H,7-12,15H2,1-6H3,(H,23,24)(H,25,28);1H. The van der Waals surface area contributed by atoms with E-state index in [4.69, 9.17) is 0 Å². The molecule has 6 nitrogen and oxygen atoms in total. The van der Waals surface area contributed by atoms with Crippen molar-refractivity contribution in [1.29, 1.82) is 0 Å². The number of piperazine rings is 1. The number of nitrogens with zero attached hydrogens (tertiary/aromatic N) is 3. The van der Waals surface area contributed by atoms with Crippen LogP contribution in [-0.4, -0.2) is 74.0 Å². The van der Waals surface area contributed by atoms with Crippen molar-refractivity contribution in [2.45, 2.75) is 47.1 Å². The van der Waals surface area contributed by atoms with Gasteiger partial charge in [-0.05, 0) is 57.7 Å². The van der Waals surface area contributed by atoms with Crippen LogP contribution in [0.3, 0.4) is 0 Å². The second-order valence-corrected chi connectivity index (χ2v) is 8.09. The summed E-state index contributed by atoms with van der Waals surface area (Å²) in [6.45, 7) is 15.4. The third-order valence-electron chi connectivity index (χ3n) is 5.20. The molecule has 1 heterocycles. The number of aryl methyl sites for hydroxylation is 3. The first-order valence-electron chi connectivity index (χ1n) is 10.3. The molecule has 2 rings (SSSR count). The molecular weight excluding hydrogens is 477 g/mol. The molecule has 0 bridgehead atoms. The van der Waals surface area contributed by atoms with Gasteiger partial charge in [0.15, 0.2) is 5.96 Å². The summed E-state index contributed by atoms with van der Waals surface area (Å²) in [6, 6.07) is 4.70. The molecule has 0 aromatic heterocycles. The largest absolute Gasteiger partial charge is 0.356 e. The highest BCUT2D eigenvalue weighted by atomic mass is 127. The molecule has 0 aliphatic carbocycles. The number of halogens is 1. The van der Waals surface area contributed by atoms with Crippen molar-refractivity contribution in [3.8, 4) is 0 Å². The highest BCUT2D eigenvalue weighted by Gasteiger charge is 2.21. The van der Waals surface area contributed by atoms with Crippen molar-refractivity contribution in [1.82, 2.24) is 20.4 Å². The second-order valence-electron chi connectivity index (χ2n) is 8.09. The van der Waals surface area contributed by atoms with E-state index in [-0.39, 0.29) is 35.9 Å². The molecule has 1 aliphatic heterocycles. The lowest BCUT2D eigenvalue weighted by atomic mass is 9.97. The van der Waals surface area contributed by atoms with Gasteiger partial charge >= 0.3 is 0 Å². The Hall–Kier alpha value is -1.35. The number of hydrogen-bond donors (Lipinski definition) is 2. The van der Waals surface area contributed by atoms with Gasteiger partial charge in [0.1, 0.15) is 0 Å². The first-order chi connectivity index (χ1) is 13.3. The molecule has 0 spiro atoms. The van der Waals surface area contributed by atoms with Gasteiger partial charge in [-0.2, -0.15) is 0 Å². The smallest absolute Gasteiger partial charge is 0.234 e. The van der Waals surface area contributed by atoms with E-state index in [0.29, 0.717) is 6.54 Å². The van der Waals surface area contributed by atoms with Crippen molar-refractivity contribution < 1.29 is 4.79 Å². The number of hydrogen-bond acceptors (Lipinski definition) is 3. The van der Waals surface area contributed by atoms with Crippen LogP contribution < -0.4 is 10.6 Å². The summed E-state index contributed by atoms with van der Waals surface area (Å²) in [6.07, 6.45) is 0.992. The highest BCUT2D eigenvalue weighted by Crippen LogP contribution is 2.16. The molecule has 7 heteroatoms. The topological polar surface area (TPSA) is 60.0 Å². The third-order valence-corrected chi connectivity index (χ3v) is 5.20. The van der Waals surface area contributed by atoms with E-state index in [1.54, 1.807) is 0 Å². The van der Waals surface area contributed by atoms with Crippen molar-refractivity contribution in [2.24, 2.45) is 4.99 Å². The van der Waals surface area contributed by atoms with Crippen LogP contribution in [0.4, 0.5) is 0 Å². The second kappa shape index (κ2) is 12.4. The number of guanidine groups is 1. The third kappa shape index (κ3) is 8.12. The van der Waals surface area contributed by atoms with Crippen LogP contribution in [0.2, 0.25) is 0 Å². The van der Waals surface area contributed by atoms with Gasteiger partial charge in [0.25, 0.3) is 0 Å². The van der Waals surface area contributed by atoms with Crippen LogP contribution in [0.1, 0.15) is 36.1 Å². The summed E-state index contributed by atoms with van der Waals surface area (Å²) in [7, 11) is 1.84. The summed E-state index contributed by atoms with van der Waals surface area (Å²) >= 11 is 0. The molecule has 1 aliphatic rings. The average molecular weight is 515 g/mol. The number of benzene rings is 1. The molecule has 1 amide bonds. The minimum atomic E-state index is 0. The Morgan fingerprint density at radius 2 is 1.69 bits per heavy atom. The van der Waals surface area contributed by atoms with Crippen molar-refractivity contribution in [3.63, 3.8) is 0 Å². The summed E-state index contributed by atoms with van der Waals surface area (Å²) < 4.78 is 0. The van der Waals surface area contributed by atoms with E-state index in [2.05, 4.69) is 58.3 Å². The number of carbonyl (C=O) groups is 1. The van der Waals surface area contributed by atoms with Crippen molar-refractivity contribution >= 4 is 35.8 Å². The van der Waals surface area contributed by atoms with Crippen LogP contribution in [-0.2, 0) is 11.2 Å². The van der Waals surface area contributed by atoms with Crippen LogP contribution in [0, 0.1) is 20.8 Å². The van der Waals surface area contributed by atoms with Crippen LogP contribution in [0.5, 0.6) is 0 Å². The van der Waals surface area contributed by atoms with E-state index < -0.39 is 0 Å². The van der Waals surface area contributed by atoms with E-state index in [1.807, 2.05) is 20.9 Å². The fourth-order valence-corrected chi connectivity index (χ4v) is 3.92. The molecule has 1 aromatic carbocycles. The summed E-state index contributed by atoms with van der Waals surface area (Å²) in [5, 5.41) is 6.48. The lowest BCUT2D eigenvalue weighted by Crippen LogP contribution is -2.54. The Labute approximate surface area is 193 Å². The lowest BCUT2D eigenvalue weighted by Gasteiger charge is -2.36. The monoisotopic (exact) mass is 515 g/mol. The molecule has 0 unspecified atom stereocenters. The van der Waals surface area contributed by atoms with E-state index >= 15 is 0 Å². The minimum absolute atomic E-state index is 0. The summed E-state index contributed by atoms with van der Waals surface area (Å²) in [5.74, 6) is 1.06. The van der Waals surface area contributed by atoms with Crippen LogP contribution >= 0.6 is 24.0 Å². The zero-order valence-corrected chi connectivity index (χ0v) is 21.2. The SMILES string of the molecule is CN=C(NCCc1c(C)cc(C)cc1C)N1CCN(CC(=O)NC(C)C)CC1.I. The molecule has 1 fully saturated rings. The zero-order valence-electron chi connectivity index (χ0n) is 18.8. The van der Waals surface area contributed by atoms with Gasteiger partial charge in [0.05, 0.1) is 6.54 Å². The molecule has 164 valence electrons. The van der Waals surface area contributed by atoms with Gasteiger partial charge in [-0.1, -0.05) is 17.7 Å². The predicted molar refractivity (Wildman–Crippen MR) is 132 cm³/mol. The Morgan fingerprint density at radius 1 is 1.10 bits per heavy atom. The van der Waals surface area contributed by atoms with Gasteiger partial charge in [0.2, 0.25) is 5.91 Å². The maximum atomic E-state index is 11.9. The zero-order chi connectivity index (χ0) is 20.7. The first-order valence-corrected chi connectivity index (χ1v) is 10.3. The minimum Gasteiger partial charge on any atom is -0.356 e. The fourth-order valence-electron chi connectivity index (χ4n) is 3.92. The predicted octanol–water partition coefficient (Wildman–Crippen LogP) is 2.49. The van der Waals surface area contributed by atoms with Crippen LogP contribution in [0.15, 0.2) is 17.1 Å². The molecule has 0 saturated carbocycles. The number of carbonyl (C=O) groups excluding carboxylic acids is 1. The summed E-state index contributed by atoms with van der Waals surface area (Å²) in [4.78, 5) is 20.9. The molecule has 29 heavy (non-hydrogen) atoms. The first kappa shape index (κ1) is 25.7. The molecule has 2 N–H and O–H groups in total. The Bertz CT molecular complexity index is 673. The van der Waals surface area contributed by atoms with Crippen molar-refractivity contribution in [3.05, 3.63) is 34.4 Å². The van der Waals surface area contributed by atoms with E-state index in [0.717, 1.165) is 45.1 Å². The normalized spacial score (nSPS) is 15.3. The van der Waals surface area contributed by atoms with Gasteiger partial charge in [-0.15, -0.1) is 24.0 Å². The maximum Gasteiger partial charge on any atom is 0.234 e. The Balaban J connectivity index is 0.00000420. The lowest BCUT2D eigenvalue weighted by molar-refractivity contribution is -0.123. The van der Waals surface area contributed by atoms with Gasteiger partial charge in [0, 0.05) is 45.8 Å². The maximum absolute atomic E-state index is 11.9. The molecule has 0 atom stereocenters. The van der Waals surface area contributed by atoms with Gasteiger partial charge in [-0.3, -0.25) is 14.7 Å². The Kier molecular flexibility index (Phi) is 11.0. The Morgan fingerprint density at radius 3 is 2.21 bits per heavy atom. The van der Waals surface area contributed by atoms with Gasteiger partial charge in [-0.25, -0.2) is 0 Å². The van der Waals surface area contributed by atoms with Gasteiger partial charge < -0.3 is 15.5 Å². The summed E-state index contributed by atoms with van der Waals surface area (Å²) in [5.41, 5.74) is 5.47. The van der Waals surface area contributed by atoms with E-state index in [1.165, 1.54) is 22.3 Å².